The molecular formula is C14H16FN3O2. The van der Waals surface area contributed by atoms with E-state index < -0.39 is 10.7 Å². The van der Waals surface area contributed by atoms with Crippen molar-refractivity contribution in [2.45, 2.75) is 26.7 Å². The summed E-state index contributed by atoms with van der Waals surface area (Å²) in [4.78, 5) is 14.8. The number of rotatable bonds is 5. The number of aryl methyl sites for hydroxylation is 1. The van der Waals surface area contributed by atoms with Crippen molar-refractivity contribution in [3.05, 3.63) is 39.7 Å². The Bertz CT molecular complexity index is 658. The van der Waals surface area contributed by atoms with E-state index in [1.165, 1.54) is 6.07 Å². The van der Waals surface area contributed by atoms with Crippen molar-refractivity contribution in [2.75, 3.05) is 11.9 Å². The van der Waals surface area contributed by atoms with Crippen LogP contribution in [0.5, 0.6) is 0 Å². The Morgan fingerprint density at radius 1 is 1.40 bits per heavy atom. The molecule has 5 nitrogen and oxygen atoms in total. The molecule has 6 heteroatoms. The average molecular weight is 277 g/mol. The van der Waals surface area contributed by atoms with Gasteiger partial charge in [-0.2, -0.15) is 0 Å². The van der Waals surface area contributed by atoms with Gasteiger partial charge < -0.3 is 5.32 Å². The van der Waals surface area contributed by atoms with E-state index in [0.29, 0.717) is 12.4 Å². The molecule has 0 saturated heterocycles. The van der Waals surface area contributed by atoms with Gasteiger partial charge >= 0.3 is 0 Å². The van der Waals surface area contributed by atoms with Gasteiger partial charge in [-0.05, 0) is 31.0 Å². The molecule has 2 rings (SSSR count). The minimum atomic E-state index is -0.548. The van der Waals surface area contributed by atoms with Crippen LogP contribution in [0.1, 0.15) is 25.8 Å². The predicted molar refractivity (Wildman–Crippen MR) is 76.5 cm³/mol. The van der Waals surface area contributed by atoms with Crippen molar-refractivity contribution >= 4 is 22.4 Å². The summed E-state index contributed by atoms with van der Waals surface area (Å²) in [6.07, 6.45) is 1.62. The van der Waals surface area contributed by atoms with Crippen molar-refractivity contribution in [1.82, 2.24) is 4.98 Å². The number of fused-ring (bicyclic) bond motifs is 1. The van der Waals surface area contributed by atoms with Crippen LogP contribution in [0.2, 0.25) is 0 Å². The molecule has 0 atom stereocenters. The average Bonchev–Trinajstić information content (AvgIpc) is 2.40. The van der Waals surface area contributed by atoms with Crippen LogP contribution in [0, 0.1) is 15.9 Å². The Kier molecular flexibility index (Phi) is 4.12. The molecule has 0 aliphatic carbocycles. The summed E-state index contributed by atoms with van der Waals surface area (Å²) in [6.45, 7) is 4.59. The van der Waals surface area contributed by atoms with Gasteiger partial charge in [0.25, 0.3) is 5.69 Å². The van der Waals surface area contributed by atoms with E-state index in [2.05, 4.69) is 10.3 Å². The number of nitrogens with one attached hydrogen (secondary N) is 1. The molecule has 0 aliphatic heterocycles. The van der Waals surface area contributed by atoms with Gasteiger partial charge in [0, 0.05) is 12.6 Å². The van der Waals surface area contributed by atoms with Gasteiger partial charge in [-0.25, -0.2) is 9.37 Å². The van der Waals surface area contributed by atoms with Crippen molar-refractivity contribution in [3.63, 3.8) is 0 Å². The third kappa shape index (κ3) is 2.54. The molecule has 106 valence electrons. The Hall–Kier alpha value is -2.24. The molecule has 0 fully saturated rings. The number of halogens is 1. The molecule has 0 radical (unpaired) electrons. The molecule has 0 unspecified atom stereocenters. The largest absolute Gasteiger partial charge is 0.370 e. The number of benzene rings is 1. The quantitative estimate of drug-likeness (QED) is 0.668. The summed E-state index contributed by atoms with van der Waals surface area (Å²) >= 11 is 0. The summed E-state index contributed by atoms with van der Waals surface area (Å²) in [7, 11) is 0. The van der Waals surface area contributed by atoms with E-state index in [0.717, 1.165) is 24.5 Å². The molecule has 1 aromatic carbocycles. The topological polar surface area (TPSA) is 68.1 Å². The Labute approximate surface area is 116 Å². The third-order valence-corrected chi connectivity index (χ3v) is 3.05. The molecule has 0 spiro atoms. The van der Waals surface area contributed by atoms with Crippen LogP contribution in [0.25, 0.3) is 10.9 Å². The molecule has 1 heterocycles. The molecular weight excluding hydrogens is 261 g/mol. The van der Waals surface area contributed by atoms with E-state index in [4.69, 9.17) is 0 Å². The number of hydrogen-bond donors (Lipinski definition) is 1. The highest BCUT2D eigenvalue weighted by molar-refractivity contribution is 5.90. The summed E-state index contributed by atoms with van der Waals surface area (Å²) < 4.78 is 13.9. The fraction of sp³-hybridized carbons (Fsp3) is 0.357. The Morgan fingerprint density at radius 3 is 2.75 bits per heavy atom. The van der Waals surface area contributed by atoms with Crippen LogP contribution in [0.15, 0.2) is 18.2 Å². The Morgan fingerprint density at radius 2 is 2.15 bits per heavy atom. The first-order valence-electron chi connectivity index (χ1n) is 6.58. The number of non-ortho nitro benzene ring substituents is 1. The highest BCUT2D eigenvalue weighted by Crippen LogP contribution is 2.30. The Balaban J connectivity index is 2.74. The van der Waals surface area contributed by atoms with Crippen LogP contribution in [-0.2, 0) is 6.42 Å². The number of aromatic nitrogens is 1. The zero-order valence-corrected chi connectivity index (χ0v) is 11.4. The number of nitro groups is 1. The normalized spacial score (nSPS) is 10.8. The minimum absolute atomic E-state index is 0.0370. The fourth-order valence-electron chi connectivity index (χ4n) is 2.19. The lowest BCUT2D eigenvalue weighted by Crippen LogP contribution is -2.05. The molecule has 1 aromatic heterocycles. The lowest BCUT2D eigenvalue weighted by molar-refractivity contribution is -0.383. The summed E-state index contributed by atoms with van der Waals surface area (Å²) in [5.41, 5.74) is 0.792. The third-order valence-electron chi connectivity index (χ3n) is 3.05. The second-order valence-electron chi connectivity index (χ2n) is 4.50. The van der Waals surface area contributed by atoms with Gasteiger partial charge in [-0.3, -0.25) is 10.1 Å². The van der Waals surface area contributed by atoms with Gasteiger partial charge in [0.15, 0.2) is 0 Å². The standard InChI is InChI=1S/C14H16FN3O2/c1-3-5-9-8-10-12(18(19)20)7-6-11(15)13(10)17-14(9)16-4-2/h6-8H,3-5H2,1-2H3,(H,16,17). The molecule has 1 N–H and O–H groups in total. The van der Waals surface area contributed by atoms with Crippen molar-refractivity contribution < 1.29 is 9.31 Å². The van der Waals surface area contributed by atoms with Gasteiger partial charge in [0.1, 0.15) is 17.2 Å². The second-order valence-corrected chi connectivity index (χ2v) is 4.50. The minimum Gasteiger partial charge on any atom is -0.370 e. The SMILES string of the molecule is CCCc1cc2c([N+](=O)[O-])ccc(F)c2nc1NCC. The van der Waals surface area contributed by atoms with Crippen LogP contribution >= 0.6 is 0 Å². The first kappa shape index (κ1) is 14.2. The van der Waals surface area contributed by atoms with Crippen LogP contribution in [-0.4, -0.2) is 16.5 Å². The van der Waals surface area contributed by atoms with E-state index in [9.17, 15) is 14.5 Å². The maximum absolute atomic E-state index is 13.9. The first-order chi connectivity index (χ1) is 9.58. The first-order valence-corrected chi connectivity index (χ1v) is 6.58. The second kappa shape index (κ2) is 5.81. The lowest BCUT2D eigenvalue weighted by atomic mass is 10.1. The maximum Gasteiger partial charge on any atom is 0.278 e. The predicted octanol–water partition coefficient (Wildman–Crippen LogP) is 3.67. The smallest absolute Gasteiger partial charge is 0.278 e. The van der Waals surface area contributed by atoms with Gasteiger partial charge in [0.2, 0.25) is 0 Å². The summed E-state index contributed by atoms with van der Waals surface area (Å²) in [6, 6.07) is 3.94. The number of hydrogen-bond acceptors (Lipinski definition) is 4. The van der Waals surface area contributed by atoms with E-state index in [-0.39, 0.29) is 16.6 Å². The molecule has 0 bridgehead atoms. The van der Waals surface area contributed by atoms with Crippen LogP contribution < -0.4 is 5.32 Å². The molecule has 0 amide bonds. The van der Waals surface area contributed by atoms with Crippen molar-refractivity contribution in [2.24, 2.45) is 0 Å². The summed E-state index contributed by atoms with van der Waals surface area (Å²) in [5.74, 6) is 0.0500. The molecule has 0 aliphatic rings. The number of nitrogens with zero attached hydrogens (tertiary/aromatic N) is 2. The molecule has 0 saturated carbocycles. The monoisotopic (exact) mass is 277 g/mol. The fourth-order valence-corrected chi connectivity index (χ4v) is 2.19. The number of pyridine rings is 1. The maximum atomic E-state index is 13.9. The van der Waals surface area contributed by atoms with Crippen molar-refractivity contribution in [1.29, 1.82) is 0 Å². The van der Waals surface area contributed by atoms with Crippen LogP contribution in [0.4, 0.5) is 15.9 Å². The zero-order valence-electron chi connectivity index (χ0n) is 11.4. The zero-order chi connectivity index (χ0) is 14.7. The van der Waals surface area contributed by atoms with E-state index in [1.54, 1.807) is 6.07 Å². The van der Waals surface area contributed by atoms with E-state index in [1.807, 2.05) is 13.8 Å². The highest BCUT2D eigenvalue weighted by atomic mass is 19.1. The molecule has 20 heavy (non-hydrogen) atoms. The van der Waals surface area contributed by atoms with Gasteiger partial charge in [-0.15, -0.1) is 0 Å². The highest BCUT2D eigenvalue weighted by Gasteiger charge is 2.18. The number of anilines is 1. The van der Waals surface area contributed by atoms with E-state index >= 15 is 0 Å². The lowest BCUT2D eigenvalue weighted by Gasteiger charge is -2.11. The number of nitro benzene ring substituents is 1. The van der Waals surface area contributed by atoms with Gasteiger partial charge in [0.05, 0.1) is 10.3 Å². The van der Waals surface area contributed by atoms with Gasteiger partial charge in [-0.1, -0.05) is 13.3 Å². The van der Waals surface area contributed by atoms with Crippen LogP contribution in [0.3, 0.4) is 0 Å². The molecule has 2 aromatic rings. The summed E-state index contributed by atoms with van der Waals surface area (Å²) in [5, 5.41) is 14.4. The van der Waals surface area contributed by atoms with Crippen molar-refractivity contribution in [3.8, 4) is 0 Å².